The fourth-order valence-corrected chi connectivity index (χ4v) is 6.61. The second-order valence-electron chi connectivity index (χ2n) is 12.4. The fraction of sp³-hybridized carbons (Fsp3) is 0.452. The van der Waals surface area contributed by atoms with Gasteiger partial charge in [-0.15, -0.1) is 6.58 Å². The lowest BCUT2D eigenvalue weighted by molar-refractivity contribution is -0.384. The Kier molecular flexibility index (Phi) is 9.03. The second-order valence-corrected chi connectivity index (χ2v) is 17.2. The lowest BCUT2D eigenvalue weighted by atomic mass is 9.93. The van der Waals surface area contributed by atoms with Gasteiger partial charge in [0.05, 0.1) is 22.2 Å². The molecule has 1 unspecified atom stereocenters. The molecule has 10 nitrogen and oxygen atoms in total. The van der Waals surface area contributed by atoms with Crippen molar-refractivity contribution in [3.63, 3.8) is 0 Å². The molecular weight excluding hydrogens is 554 g/mol. The van der Waals surface area contributed by atoms with Crippen molar-refractivity contribution in [2.24, 2.45) is 5.92 Å². The molecule has 0 spiro atoms. The monoisotopic (exact) mass is 593 g/mol. The summed E-state index contributed by atoms with van der Waals surface area (Å²) in [5.41, 5.74) is 1.39. The number of ether oxygens (including phenoxy) is 1. The van der Waals surface area contributed by atoms with Crippen LogP contribution in [0.3, 0.4) is 0 Å². The van der Waals surface area contributed by atoms with E-state index in [4.69, 9.17) is 9.16 Å². The maximum atomic E-state index is 13.4. The number of hydrogen-bond donors (Lipinski definition) is 0. The maximum Gasteiger partial charge on any atom is 0.410 e. The first-order valence-corrected chi connectivity index (χ1v) is 17.1. The zero-order valence-corrected chi connectivity index (χ0v) is 25.9. The van der Waals surface area contributed by atoms with Crippen LogP contribution in [0.15, 0.2) is 61.2 Å². The van der Waals surface area contributed by atoms with Crippen LogP contribution in [0, 0.1) is 16.0 Å². The normalized spacial score (nSPS) is 19.5. The lowest BCUT2D eigenvalue weighted by Crippen LogP contribution is -2.45. The number of hydrogen-bond acceptors (Lipinski definition) is 7. The molecule has 2 aliphatic heterocycles. The van der Waals surface area contributed by atoms with E-state index in [1.807, 2.05) is 0 Å². The third-order valence-corrected chi connectivity index (χ3v) is 13.2. The average molecular weight is 594 g/mol. The molecule has 0 aliphatic carbocycles. The Morgan fingerprint density at radius 3 is 2.24 bits per heavy atom. The molecule has 2 aromatic rings. The molecule has 42 heavy (non-hydrogen) atoms. The highest BCUT2D eigenvalue weighted by Crippen LogP contribution is 2.40. The number of nitro groups is 1. The lowest BCUT2D eigenvalue weighted by Gasteiger charge is -2.38. The highest BCUT2D eigenvalue weighted by Gasteiger charge is 2.46. The first-order chi connectivity index (χ1) is 19.7. The molecule has 3 amide bonds. The summed E-state index contributed by atoms with van der Waals surface area (Å²) >= 11 is 0. The molecule has 0 radical (unpaired) electrons. The highest BCUT2D eigenvalue weighted by molar-refractivity contribution is 6.74. The number of imide groups is 1. The predicted molar refractivity (Wildman–Crippen MR) is 161 cm³/mol. The number of rotatable bonds is 10. The van der Waals surface area contributed by atoms with Crippen molar-refractivity contribution in [2.75, 3.05) is 13.1 Å². The van der Waals surface area contributed by atoms with Crippen LogP contribution >= 0.6 is 0 Å². The number of amides is 3. The zero-order chi connectivity index (χ0) is 30.8. The van der Waals surface area contributed by atoms with E-state index >= 15 is 0 Å². The van der Waals surface area contributed by atoms with Crippen molar-refractivity contribution in [3.05, 3.63) is 88.0 Å². The molecule has 3 atom stereocenters. The van der Waals surface area contributed by atoms with E-state index in [1.54, 1.807) is 47.4 Å². The molecule has 2 aliphatic rings. The summed E-state index contributed by atoms with van der Waals surface area (Å²) in [4.78, 5) is 52.7. The minimum absolute atomic E-state index is 0.0182. The van der Waals surface area contributed by atoms with Crippen LogP contribution in [0.4, 0.5) is 10.5 Å². The third kappa shape index (κ3) is 6.47. The summed E-state index contributed by atoms with van der Waals surface area (Å²) in [6, 6.07) is 12.3. The van der Waals surface area contributed by atoms with E-state index in [0.29, 0.717) is 36.1 Å². The van der Waals surface area contributed by atoms with Crippen LogP contribution in [0.5, 0.6) is 0 Å². The first kappa shape index (κ1) is 31.1. The van der Waals surface area contributed by atoms with Crippen molar-refractivity contribution in [1.29, 1.82) is 0 Å². The SMILES string of the molecule is C=CC(CCN1C(=O)c2ccccc2C1=O)[C@@H]1C[C@@H](O[Si](C)(C)C(C)(C)C)CN1C(=O)OCc1ccc([N+](=O)[O-])cc1. The van der Waals surface area contributed by atoms with Gasteiger partial charge in [0, 0.05) is 31.3 Å². The number of nitrogens with zero attached hydrogens (tertiary/aromatic N) is 3. The van der Waals surface area contributed by atoms with Crippen molar-refractivity contribution in [1.82, 2.24) is 9.80 Å². The quantitative estimate of drug-likeness (QED) is 0.106. The first-order valence-electron chi connectivity index (χ1n) is 14.2. The number of non-ortho nitro benzene ring substituents is 1. The summed E-state index contributed by atoms with van der Waals surface area (Å²) in [7, 11) is -2.15. The summed E-state index contributed by atoms with van der Waals surface area (Å²) in [5, 5.41) is 10.9. The zero-order valence-electron chi connectivity index (χ0n) is 24.9. The van der Waals surface area contributed by atoms with Gasteiger partial charge in [-0.05, 0) is 66.7 Å². The summed E-state index contributed by atoms with van der Waals surface area (Å²) < 4.78 is 12.4. The highest BCUT2D eigenvalue weighted by atomic mass is 28.4. The fourth-order valence-electron chi connectivity index (χ4n) is 5.25. The second kappa shape index (κ2) is 12.2. The molecule has 1 fully saturated rings. The maximum absolute atomic E-state index is 13.4. The number of carbonyl (C=O) groups excluding carboxylic acids is 3. The van der Waals surface area contributed by atoms with Crippen molar-refractivity contribution >= 4 is 31.9 Å². The van der Waals surface area contributed by atoms with Crippen LogP contribution in [-0.4, -0.2) is 66.2 Å². The molecule has 224 valence electrons. The predicted octanol–water partition coefficient (Wildman–Crippen LogP) is 6.18. The van der Waals surface area contributed by atoms with Gasteiger partial charge in [-0.3, -0.25) is 24.6 Å². The molecule has 0 N–H and O–H groups in total. The largest absolute Gasteiger partial charge is 0.445 e. The van der Waals surface area contributed by atoms with E-state index in [0.717, 1.165) is 0 Å². The van der Waals surface area contributed by atoms with E-state index < -0.39 is 19.3 Å². The van der Waals surface area contributed by atoms with Crippen molar-refractivity contribution < 1.29 is 28.5 Å². The van der Waals surface area contributed by atoms with Crippen LogP contribution in [0.2, 0.25) is 18.1 Å². The van der Waals surface area contributed by atoms with Gasteiger partial charge in [0.15, 0.2) is 8.32 Å². The summed E-state index contributed by atoms with van der Waals surface area (Å²) in [5.74, 6) is -0.860. The van der Waals surface area contributed by atoms with Gasteiger partial charge in [0.2, 0.25) is 0 Å². The average Bonchev–Trinajstić information content (AvgIpc) is 3.45. The van der Waals surface area contributed by atoms with E-state index in [1.165, 1.54) is 17.0 Å². The molecule has 0 aromatic heterocycles. The van der Waals surface area contributed by atoms with E-state index in [9.17, 15) is 24.5 Å². The van der Waals surface area contributed by atoms with Gasteiger partial charge >= 0.3 is 6.09 Å². The molecule has 0 saturated carbocycles. The van der Waals surface area contributed by atoms with Gasteiger partial charge < -0.3 is 14.1 Å². The van der Waals surface area contributed by atoms with Crippen LogP contribution in [0.1, 0.15) is 59.9 Å². The van der Waals surface area contributed by atoms with E-state index in [-0.39, 0.29) is 53.8 Å². The number of fused-ring (bicyclic) bond motifs is 1. The van der Waals surface area contributed by atoms with Gasteiger partial charge in [-0.2, -0.15) is 0 Å². The Labute approximate surface area is 247 Å². The number of carbonyl (C=O) groups is 3. The molecule has 11 heteroatoms. The third-order valence-electron chi connectivity index (χ3n) is 8.68. The van der Waals surface area contributed by atoms with Crippen LogP contribution in [-0.2, 0) is 15.8 Å². The molecule has 2 heterocycles. The van der Waals surface area contributed by atoms with Gasteiger partial charge in [0.1, 0.15) is 6.61 Å². The topological polar surface area (TPSA) is 119 Å². The Balaban J connectivity index is 1.49. The molecule has 2 aromatic carbocycles. The van der Waals surface area contributed by atoms with Crippen LogP contribution in [0.25, 0.3) is 0 Å². The van der Waals surface area contributed by atoms with Gasteiger partial charge in [-0.25, -0.2) is 4.79 Å². The number of likely N-dealkylation sites (tertiary alicyclic amines) is 1. The Morgan fingerprint density at radius 1 is 1.12 bits per heavy atom. The smallest absolute Gasteiger partial charge is 0.410 e. The standard InChI is InChI=1S/C31H39N3O7Si/c1-7-22(16-17-32-28(35)25-10-8-9-11-26(25)29(32)36)27-18-24(41-42(5,6)31(2,3)4)19-33(27)30(37)40-20-21-12-14-23(15-13-21)34(38)39/h7-15,22,24,27H,1,16-20H2,2-6H3/t22?,24-,27+/m1/s1. The van der Waals surface area contributed by atoms with Crippen molar-refractivity contribution in [3.8, 4) is 0 Å². The van der Waals surface area contributed by atoms with E-state index in [2.05, 4.69) is 40.4 Å². The minimum atomic E-state index is -2.15. The van der Waals surface area contributed by atoms with Gasteiger partial charge in [0.25, 0.3) is 17.5 Å². The van der Waals surface area contributed by atoms with Gasteiger partial charge in [-0.1, -0.05) is 39.0 Å². The Bertz CT molecular complexity index is 1330. The summed E-state index contributed by atoms with van der Waals surface area (Å²) in [6.45, 7) is 15.3. The molecule has 4 rings (SSSR count). The molecule has 1 saturated heterocycles. The Morgan fingerprint density at radius 2 is 1.71 bits per heavy atom. The summed E-state index contributed by atoms with van der Waals surface area (Å²) in [6.07, 6.45) is 2.04. The minimum Gasteiger partial charge on any atom is -0.445 e. The molecular formula is C31H39N3O7Si. The van der Waals surface area contributed by atoms with Crippen molar-refractivity contribution in [2.45, 2.75) is 70.5 Å². The molecule has 0 bridgehead atoms. The Hall–Kier alpha value is -3.83. The number of benzene rings is 2. The number of nitro benzene ring substituents is 1. The van der Waals surface area contributed by atoms with Crippen LogP contribution < -0.4 is 0 Å².